The third-order valence-corrected chi connectivity index (χ3v) is 6.05. The average Bonchev–Trinajstić information content (AvgIpc) is 2.78. The van der Waals surface area contributed by atoms with E-state index in [9.17, 15) is 9.59 Å². The zero-order valence-electron chi connectivity index (χ0n) is 18.1. The van der Waals surface area contributed by atoms with Gasteiger partial charge in [0.25, 0.3) is 0 Å². The minimum atomic E-state index is -0.716. The molecule has 0 aliphatic heterocycles. The smallest absolute Gasteiger partial charge is 0.242 e. The number of halogens is 2. The Morgan fingerprint density at radius 1 is 0.906 bits per heavy atom. The summed E-state index contributed by atoms with van der Waals surface area (Å²) in [4.78, 5) is 28.1. The second kappa shape index (κ2) is 11.2. The minimum Gasteiger partial charge on any atom is -0.357 e. The fourth-order valence-corrected chi connectivity index (χ4v) is 4.19. The number of nitrogens with one attached hydrogen (secondary N) is 1. The van der Waals surface area contributed by atoms with Gasteiger partial charge in [0.1, 0.15) is 6.04 Å². The van der Waals surface area contributed by atoms with Crippen molar-refractivity contribution in [2.75, 3.05) is 7.05 Å². The Morgan fingerprint density at radius 2 is 1.53 bits per heavy atom. The van der Waals surface area contributed by atoms with E-state index in [1.165, 1.54) is 0 Å². The Kier molecular flexibility index (Phi) is 8.32. The van der Waals surface area contributed by atoms with Crippen LogP contribution in [0.2, 0.25) is 10.0 Å². The molecule has 0 aliphatic carbocycles. The highest BCUT2D eigenvalue weighted by atomic mass is 35.5. The number of amides is 2. The van der Waals surface area contributed by atoms with E-state index in [2.05, 4.69) is 5.32 Å². The summed E-state index contributed by atoms with van der Waals surface area (Å²) in [7, 11) is 1.58. The van der Waals surface area contributed by atoms with Crippen LogP contribution in [0.4, 0.5) is 0 Å². The number of aryl methyl sites for hydroxylation is 1. The molecule has 0 bridgehead atoms. The Bertz CT molecular complexity index is 1070. The van der Waals surface area contributed by atoms with Crippen molar-refractivity contribution in [2.24, 2.45) is 0 Å². The van der Waals surface area contributed by atoms with Gasteiger partial charge in [-0.05, 0) is 30.2 Å². The third-order valence-electron chi connectivity index (χ3n) is 5.35. The molecule has 4 nitrogen and oxygen atoms in total. The lowest BCUT2D eigenvalue weighted by molar-refractivity contribution is -0.140. The van der Waals surface area contributed by atoms with Crippen LogP contribution in [0.15, 0.2) is 72.8 Å². The largest absolute Gasteiger partial charge is 0.357 e. The number of carbonyl (C=O) groups is 2. The number of rotatable bonds is 8. The molecule has 0 aliphatic rings. The fourth-order valence-electron chi connectivity index (χ4n) is 3.67. The standard InChI is InChI=1S/C26H26Cl2N2O2/c1-18-8-6-11-20(14-18)16-25(31)30(17-21-22(27)12-7-13-23(21)28)24(26(32)29-2)15-19-9-4-3-5-10-19/h3-14,24H,15-17H2,1-2H3,(H,29,32)/t24-/m1/s1. The van der Waals surface area contributed by atoms with Crippen molar-refractivity contribution >= 4 is 35.0 Å². The lowest BCUT2D eigenvalue weighted by atomic mass is 10.0. The van der Waals surface area contributed by atoms with Crippen molar-refractivity contribution in [1.29, 1.82) is 0 Å². The van der Waals surface area contributed by atoms with Gasteiger partial charge in [-0.25, -0.2) is 0 Å². The predicted molar refractivity (Wildman–Crippen MR) is 130 cm³/mol. The average molecular weight is 469 g/mol. The van der Waals surface area contributed by atoms with E-state index in [4.69, 9.17) is 23.2 Å². The third kappa shape index (κ3) is 6.12. The molecule has 0 fully saturated rings. The molecule has 166 valence electrons. The molecule has 0 aromatic heterocycles. The molecule has 0 saturated heterocycles. The van der Waals surface area contributed by atoms with Crippen LogP contribution in [-0.2, 0) is 29.0 Å². The van der Waals surface area contributed by atoms with Gasteiger partial charge in [-0.2, -0.15) is 0 Å². The minimum absolute atomic E-state index is 0.133. The lowest BCUT2D eigenvalue weighted by Crippen LogP contribution is -2.50. The summed E-state index contributed by atoms with van der Waals surface area (Å²) in [6, 6.07) is 22.0. The second-order valence-corrected chi connectivity index (χ2v) is 8.52. The molecule has 1 N–H and O–H groups in total. The van der Waals surface area contributed by atoms with Crippen molar-refractivity contribution in [2.45, 2.75) is 32.4 Å². The van der Waals surface area contributed by atoms with Gasteiger partial charge in [-0.3, -0.25) is 9.59 Å². The van der Waals surface area contributed by atoms with Gasteiger partial charge in [0, 0.05) is 35.6 Å². The highest BCUT2D eigenvalue weighted by Crippen LogP contribution is 2.27. The summed E-state index contributed by atoms with van der Waals surface area (Å²) >= 11 is 12.8. The van der Waals surface area contributed by atoms with Crippen molar-refractivity contribution in [3.05, 3.63) is 105 Å². The summed E-state index contributed by atoms with van der Waals surface area (Å²) in [5, 5.41) is 3.63. The molecule has 2 amide bonds. The molecule has 0 heterocycles. The monoisotopic (exact) mass is 468 g/mol. The van der Waals surface area contributed by atoms with Crippen LogP contribution in [0.1, 0.15) is 22.3 Å². The first-order valence-electron chi connectivity index (χ1n) is 10.4. The van der Waals surface area contributed by atoms with Crippen molar-refractivity contribution in [1.82, 2.24) is 10.2 Å². The molecule has 3 aromatic rings. The molecule has 32 heavy (non-hydrogen) atoms. The maximum Gasteiger partial charge on any atom is 0.242 e. The molecule has 3 aromatic carbocycles. The van der Waals surface area contributed by atoms with Gasteiger partial charge < -0.3 is 10.2 Å². The van der Waals surface area contributed by atoms with Crippen molar-refractivity contribution < 1.29 is 9.59 Å². The number of hydrogen-bond acceptors (Lipinski definition) is 2. The van der Waals surface area contributed by atoms with Crippen LogP contribution in [0.5, 0.6) is 0 Å². The SMILES string of the molecule is CNC(=O)[C@@H](Cc1ccccc1)N(Cc1c(Cl)cccc1Cl)C(=O)Cc1cccc(C)c1. The van der Waals surface area contributed by atoms with E-state index in [1.54, 1.807) is 30.1 Å². The van der Waals surface area contributed by atoms with Crippen molar-refractivity contribution in [3.8, 4) is 0 Å². The molecule has 0 unspecified atom stereocenters. The van der Waals surface area contributed by atoms with Crippen LogP contribution in [0, 0.1) is 6.92 Å². The molecule has 0 spiro atoms. The van der Waals surface area contributed by atoms with Crippen LogP contribution < -0.4 is 5.32 Å². The lowest BCUT2D eigenvalue weighted by Gasteiger charge is -2.32. The maximum atomic E-state index is 13.6. The van der Waals surface area contributed by atoms with E-state index in [0.717, 1.165) is 16.7 Å². The molecule has 0 radical (unpaired) electrons. The van der Waals surface area contributed by atoms with Gasteiger partial charge in [-0.1, -0.05) is 89.4 Å². The highest BCUT2D eigenvalue weighted by molar-refractivity contribution is 6.36. The van der Waals surface area contributed by atoms with Crippen LogP contribution in [0.25, 0.3) is 0 Å². The Morgan fingerprint density at radius 3 is 2.16 bits per heavy atom. The zero-order valence-corrected chi connectivity index (χ0v) is 19.7. The van der Waals surface area contributed by atoms with E-state index >= 15 is 0 Å². The van der Waals surface area contributed by atoms with Crippen LogP contribution >= 0.6 is 23.2 Å². The molecule has 6 heteroatoms. The van der Waals surface area contributed by atoms with Gasteiger partial charge in [-0.15, -0.1) is 0 Å². The van der Waals surface area contributed by atoms with E-state index in [0.29, 0.717) is 22.0 Å². The molecular weight excluding hydrogens is 443 g/mol. The first kappa shape index (κ1) is 23.8. The second-order valence-electron chi connectivity index (χ2n) is 7.71. The quantitative estimate of drug-likeness (QED) is 0.491. The topological polar surface area (TPSA) is 49.4 Å². The zero-order chi connectivity index (χ0) is 23.1. The van der Waals surface area contributed by atoms with Gasteiger partial charge in [0.05, 0.1) is 6.42 Å². The molecule has 1 atom stereocenters. The first-order valence-corrected chi connectivity index (χ1v) is 11.2. The van der Waals surface area contributed by atoms with E-state index in [1.807, 2.05) is 61.5 Å². The highest BCUT2D eigenvalue weighted by Gasteiger charge is 2.30. The van der Waals surface area contributed by atoms with E-state index in [-0.39, 0.29) is 24.8 Å². The van der Waals surface area contributed by atoms with Gasteiger partial charge in [0.2, 0.25) is 11.8 Å². The summed E-state index contributed by atoms with van der Waals surface area (Å²) in [5.41, 5.74) is 3.54. The van der Waals surface area contributed by atoms with E-state index < -0.39 is 6.04 Å². The van der Waals surface area contributed by atoms with Crippen LogP contribution in [0.3, 0.4) is 0 Å². The molecular formula is C26H26Cl2N2O2. The number of benzene rings is 3. The van der Waals surface area contributed by atoms with Gasteiger partial charge in [0.15, 0.2) is 0 Å². The number of hydrogen-bond donors (Lipinski definition) is 1. The summed E-state index contributed by atoms with van der Waals surface area (Å²) in [6.45, 7) is 2.12. The fraction of sp³-hybridized carbons (Fsp3) is 0.231. The molecule has 3 rings (SSSR count). The molecule has 0 saturated carbocycles. The maximum absolute atomic E-state index is 13.6. The van der Waals surface area contributed by atoms with Crippen molar-refractivity contribution in [3.63, 3.8) is 0 Å². The normalized spacial score (nSPS) is 11.6. The Labute approximate surface area is 199 Å². The number of carbonyl (C=O) groups excluding carboxylic acids is 2. The Balaban J connectivity index is 1.99. The predicted octanol–water partition coefficient (Wildman–Crippen LogP) is 5.23. The number of nitrogens with zero attached hydrogens (tertiary/aromatic N) is 1. The van der Waals surface area contributed by atoms with Gasteiger partial charge >= 0.3 is 0 Å². The summed E-state index contributed by atoms with van der Waals surface area (Å²) < 4.78 is 0. The Hall–Kier alpha value is -2.82. The summed E-state index contributed by atoms with van der Waals surface area (Å²) in [6.07, 6.45) is 0.550. The summed E-state index contributed by atoms with van der Waals surface area (Å²) in [5.74, 6) is -0.411. The van der Waals surface area contributed by atoms with Crippen LogP contribution in [-0.4, -0.2) is 29.8 Å². The number of likely N-dealkylation sites (N-methyl/N-ethyl adjacent to an activating group) is 1. The first-order chi connectivity index (χ1) is 15.4.